The zero-order valence-corrected chi connectivity index (χ0v) is 13.6. The molecule has 1 atom stereocenters. The van der Waals surface area contributed by atoms with Gasteiger partial charge < -0.3 is 0 Å². The fourth-order valence-electron chi connectivity index (χ4n) is 1.76. The van der Waals surface area contributed by atoms with Gasteiger partial charge in [0.25, 0.3) is 0 Å². The van der Waals surface area contributed by atoms with Gasteiger partial charge in [-0.25, -0.2) is 0 Å². The molecule has 2 rings (SSSR count). The maximum absolute atomic E-state index is 12.4. The fraction of sp³-hybridized carbons (Fsp3) is 0.0667. The number of nitriles is 1. The molecule has 0 amide bonds. The molecule has 0 saturated carbocycles. The van der Waals surface area contributed by atoms with Gasteiger partial charge >= 0.3 is 0 Å². The van der Waals surface area contributed by atoms with E-state index in [1.165, 1.54) is 0 Å². The smallest absolute Gasteiger partial charge is 0.185 e. The summed E-state index contributed by atoms with van der Waals surface area (Å²) in [5.41, 5.74) is 1.31. The lowest BCUT2D eigenvalue weighted by Gasteiger charge is -2.10. The first-order valence-electron chi connectivity index (χ1n) is 5.57. The van der Waals surface area contributed by atoms with Crippen molar-refractivity contribution in [2.24, 2.45) is 0 Å². The second kappa shape index (κ2) is 6.31. The highest BCUT2D eigenvalue weighted by Crippen LogP contribution is 2.24. The minimum Gasteiger partial charge on any atom is -0.292 e. The van der Waals surface area contributed by atoms with Crippen LogP contribution in [0.5, 0.6) is 0 Å². The van der Waals surface area contributed by atoms with Gasteiger partial charge in [0.1, 0.15) is 5.92 Å². The molecule has 0 heterocycles. The van der Waals surface area contributed by atoms with Gasteiger partial charge in [-0.15, -0.1) is 0 Å². The quantitative estimate of drug-likeness (QED) is 0.534. The normalized spacial score (nSPS) is 11.6. The number of carbonyl (C=O) groups excluding carboxylic acids is 1. The Labute approximate surface area is 133 Å². The van der Waals surface area contributed by atoms with E-state index in [0.717, 1.165) is 13.6 Å². The predicted octanol–water partition coefficient (Wildman–Crippen LogP) is 4.54. The Morgan fingerprint density at radius 2 is 1.79 bits per heavy atom. The number of carbonyl (C=O) groups is 1. The van der Waals surface area contributed by atoms with Crippen molar-refractivity contribution in [2.45, 2.75) is 5.92 Å². The SMILES string of the molecule is N#CC(C(=O)c1ccccc1I)c1ccc(Br)cc1. The van der Waals surface area contributed by atoms with Gasteiger partial charge in [0.2, 0.25) is 0 Å². The molecule has 0 aliphatic rings. The van der Waals surface area contributed by atoms with Crippen molar-refractivity contribution in [1.29, 1.82) is 5.26 Å². The first-order chi connectivity index (χ1) is 9.13. The van der Waals surface area contributed by atoms with Crippen LogP contribution < -0.4 is 0 Å². The van der Waals surface area contributed by atoms with Crippen molar-refractivity contribution in [2.75, 3.05) is 0 Å². The van der Waals surface area contributed by atoms with Gasteiger partial charge in [-0.3, -0.25) is 4.79 Å². The van der Waals surface area contributed by atoms with Gasteiger partial charge in [0.05, 0.1) is 6.07 Å². The van der Waals surface area contributed by atoms with Crippen molar-refractivity contribution in [1.82, 2.24) is 0 Å². The topological polar surface area (TPSA) is 40.9 Å². The van der Waals surface area contributed by atoms with Crippen molar-refractivity contribution in [3.05, 3.63) is 67.7 Å². The summed E-state index contributed by atoms with van der Waals surface area (Å²) in [6.45, 7) is 0. The summed E-state index contributed by atoms with van der Waals surface area (Å²) in [4.78, 5) is 12.4. The van der Waals surface area contributed by atoms with Crippen LogP contribution in [-0.4, -0.2) is 5.78 Å². The molecule has 0 aromatic heterocycles. The molecule has 4 heteroatoms. The number of rotatable bonds is 3. The number of hydrogen-bond acceptors (Lipinski definition) is 2. The Kier molecular flexibility index (Phi) is 4.72. The van der Waals surface area contributed by atoms with Crippen LogP contribution in [0, 0.1) is 14.9 Å². The van der Waals surface area contributed by atoms with E-state index in [4.69, 9.17) is 0 Å². The Bertz CT molecular complexity index is 646. The molecule has 0 radical (unpaired) electrons. The van der Waals surface area contributed by atoms with Crippen LogP contribution in [-0.2, 0) is 0 Å². The molecule has 0 spiro atoms. The van der Waals surface area contributed by atoms with Crippen molar-refractivity contribution in [3.63, 3.8) is 0 Å². The number of nitrogens with zero attached hydrogens (tertiary/aromatic N) is 1. The third-order valence-corrected chi connectivity index (χ3v) is 4.20. The monoisotopic (exact) mass is 425 g/mol. The van der Waals surface area contributed by atoms with E-state index in [0.29, 0.717) is 5.56 Å². The summed E-state index contributed by atoms with van der Waals surface area (Å²) in [5, 5.41) is 9.29. The number of halogens is 2. The molecular formula is C15H9BrINO. The van der Waals surface area contributed by atoms with E-state index in [9.17, 15) is 10.1 Å². The van der Waals surface area contributed by atoms with Gasteiger partial charge in [0, 0.05) is 13.6 Å². The highest BCUT2D eigenvalue weighted by molar-refractivity contribution is 14.1. The van der Waals surface area contributed by atoms with Crippen LogP contribution in [0.15, 0.2) is 53.0 Å². The lowest BCUT2D eigenvalue weighted by Crippen LogP contribution is -2.12. The highest BCUT2D eigenvalue weighted by Gasteiger charge is 2.23. The van der Waals surface area contributed by atoms with E-state index in [1.807, 2.05) is 30.3 Å². The largest absolute Gasteiger partial charge is 0.292 e. The average molecular weight is 426 g/mol. The summed E-state index contributed by atoms with van der Waals surface area (Å²) < 4.78 is 1.79. The summed E-state index contributed by atoms with van der Waals surface area (Å²) in [7, 11) is 0. The Morgan fingerprint density at radius 3 is 2.37 bits per heavy atom. The van der Waals surface area contributed by atoms with Crippen molar-refractivity contribution in [3.8, 4) is 6.07 Å². The molecule has 0 N–H and O–H groups in total. The van der Waals surface area contributed by atoms with Crippen LogP contribution >= 0.6 is 38.5 Å². The number of benzene rings is 2. The molecule has 0 saturated heterocycles. The molecule has 0 bridgehead atoms. The molecule has 19 heavy (non-hydrogen) atoms. The molecule has 94 valence electrons. The van der Waals surface area contributed by atoms with Crippen LogP contribution in [0.4, 0.5) is 0 Å². The summed E-state index contributed by atoms with van der Waals surface area (Å²) in [6, 6.07) is 16.7. The Hall–Kier alpha value is -1.19. The van der Waals surface area contributed by atoms with E-state index in [-0.39, 0.29) is 5.78 Å². The van der Waals surface area contributed by atoms with Crippen LogP contribution in [0.3, 0.4) is 0 Å². The standard InChI is InChI=1S/C15H9BrINO/c16-11-7-5-10(6-8-11)13(9-18)15(19)12-3-1-2-4-14(12)17/h1-8,13H. The first kappa shape index (κ1) is 14.2. The Morgan fingerprint density at radius 1 is 1.16 bits per heavy atom. The summed E-state index contributed by atoms with van der Waals surface area (Å²) in [6.07, 6.45) is 0. The molecule has 0 aliphatic carbocycles. The molecule has 0 fully saturated rings. The molecule has 1 unspecified atom stereocenters. The fourth-order valence-corrected chi connectivity index (χ4v) is 2.67. The lowest BCUT2D eigenvalue weighted by molar-refractivity contribution is 0.0978. The van der Waals surface area contributed by atoms with Gasteiger partial charge in [-0.05, 0) is 46.4 Å². The maximum atomic E-state index is 12.4. The molecular weight excluding hydrogens is 417 g/mol. The molecule has 2 nitrogen and oxygen atoms in total. The molecule has 2 aromatic carbocycles. The number of ketones is 1. The average Bonchev–Trinajstić information content (AvgIpc) is 2.42. The summed E-state index contributed by atoms with van der Waals surface area (Å²) in [5.74, 6) is -0.918. The van der Waals surface area contributed by atoms with Crippen LogP contribution in [0.2, 0.25) is 0 Å². The summed E-state index contributed by atoms with van der Waals surface area (Å²) >= 11 is 5.45. The van der Waals surface area contributed by atoms with Gasteiger partial charge in [-0.2, -0.15) is 5.26 Å². The van der Waals surface area contributed by atoms with Crippen LogP contribution in [0.1, 0.15) is 21.8 Å². The maximum Gasteiger partial charge on any atom is 0.185 e. The Balaban J connectivity index is 2.38. The minimum atomic E-state index is -0.760. The third-order valence-electron chi connectivity index (χ3n) is 2.73. The number of Topliss-reactive ketones (excluding diaryl/α,β-unsaturated/α-hetero) is 1. The zero-order chi connectivity index (χ0) is 13.8. The zero-order valence-electron chi connectivity index (χ0n) is 9.81. The molecule has 0 aliphatic heterocycles. The predicted molar refractivity (Wildman–Crippen MR) is 86.0 cm³/mol. The highest BCUT2D eigenvalue weighted by atomic mass is 127. The minimum absolute atomic E-state index is 0.158. The second-order valence-corrected chi connectivity index (χ2v) is 6.04. The van der Waals surface area contributed by atoms with E-state index in [1.54, 1.807) is 18.2 Å². The third kappa shape index (κ3) is 3.23. The van der Waals surface area contributed by atoms with Gasteiger partial charge in [0.15, 0.2) is 5.78 Å². The van der Waals surface area contributed by atoms with E-state index >= 15 is 0 Å². The molecule has 2 aromatic rings. The van der Waals surface area contributed by atoms with Crippen molar-refractivity contribution < 1.29 is 4.79 Å². The van der Waals surface area contributed by atoms with E-state index < -0.39 is 5.92 Å². The van der Waals surface area contributed by atoms with Gasteiger partial charge in [-0.1, -0.05) is 46.3 Å². The number of hydrogen-bond donors (Lipinski definition) is 0. The first-order valence-corrected chi connectivity index (χ1v) is 7.44. The van der Waals surface area contributed by atoms with E-state index in [2.05, 4.69) is 44.6 Å². The second-order valence-electron chi connectivity index (χ2n) is 3.96. The van der Waals surface area contributed by atoms with Crippen LogP contribution in [0.25, 0.3) is 0 Å². The van der Waals surface area contributed by atoms with Crippen molar-refractivity contribution >= 4 is 44.3 Å². The lowest BCUT2D eigenvalue weighted by atomic mass is 9.92.